The molecule has 6 aromatic rings. The predicted octanol–water partition coefficient (Wildman–Crippen LogP) is 8.29. The fourth-order valence-electron chi connectivity index (χ4n) is 6.77. The molecule has 1 saturated heterocycles. The predicted molar refractivity (Wildman–Crippen MR) is 209 cm³/mol. The molecular weight excluding hydrogens is 731 g/mol. The number of hydrogen-bond donors (Lipinski definition) is 2. The van der Waals surface area contributed by atoms with Crippen molar-refractivity contribution in [1.29, 1.82) is 0 Å². The number of H-pyrrole nitrogens is 1. The Labute approximate surface area is 331 Å². The molecule has 1 aliphatic rings. The Kier molecular flexibility index (Phi) is 13.2. The molecule has 1 fully saturated rings. The van der Waals surface area contributed by atoms with E-state index in [2.05, 4.69) is 10.2 Å². The third-order valence-electron chi connectivity index (χ3n) is 9.91. The van der Waals surface area contributed by atoms with Crippen LogP contribution in [-0.2, 0) is 56.5 Å². The van der Waals surface area contributed by atoms with E-state index in [1.165, 1.54) is 19.1 Å². The molecule has 5 atom stereocenters. The lowest BCUT2D eigenvalue weighted by Gasteiger charge is -2.49. The Balaban J connectivity index is 1.27. The van der Waals surface area contributed by atoms with Crippen molar-refractivity contribution in [2.24, 2.45) is 0 Å². The normalized spacial score (nSPS) is 20.7. The highest BCUT2D eigenvalue weighted by Gasteiger charge is 2.59. The van der Waals surface area contributed by atoms with Gasteiger partial charge >= 0.3 is 5.97 Å². The van der Waals surface area contributed by atoms with Crippen molar-refractivity contribution in [2.75, 3.05) is 6.61 Å². The maximum atomic E-state index is 15.2. The second kappa shape index (κ2) is 18.8. The van der Waals surface area contributed by atoms with Crippen molar-refractivity contribution in [3.63, 3.8) is 0 Å². The molecule has 1 aromatic heterocycles. The van der Waals surface area contributed by atoms with Gasteiger partial charge in [-0.3, -0.25) is 5.10 Å². The van der Waals surface area contributed by atoms with Gasteiger partial charge < -0.3 is 33.5 Å². The lowest BCUT2D eigenvalue weighted by molar-refractivity contribution is -0.436. The van der Waals surface area contributed by atoms with E-state index in [1.54, 1.807) is 6.92 Å². The van der Waals surface area contributed by atoms with Gasteiger partial charge in [0.15, 0.2) is 17.7 Å². The lowest BCUT2D eigenvalue weighted by Crippen LogP contribution is -2.69. The number of nitrogens with one attached hydrogen (secondary N) is 1. The molecule has 0 bridgehead atoms. The topological polar surface area (TPSA) is 104 Å². The zero-order chi connectivity index (χ0) is 39.6. The minimum absolute atomic E-state index is 0.0308. The van der Waals surface area contributed by atoms with E-state index >= 15 is 4.39 Å². The van der Waals surface area contributed by atoms with Crippen LogP contribution in [0.25, 0.3) is 0 Å². The zero-order valence-electron chi connectivity index (χ0n) is 31.9. The Morgan fingerprint density at radius 2 is 1.16 bits per heavy atom. The second-order valence-corrected chi connectivity index (χ2v) is 14.1. The van der Waals surface area contributed by atoms with Crippen LogP contribution >= 0.6 is 0 Å². The largest absolute Gasteiger partial charge is 0.417 e. The molecule has 0 aliphatic carbocycles. The lowest BCUT2D eigenvalue weighted by atomic mass is 9.96. The molecule has 0 saturated carbocycles. The van der Waals surface area contributed by atoms with Crippen LogP contribution < -0.4 is 4.74 Å². The summed E-state index contributed by atoms with van der Waals surface area (Å²) in [7, 11) is 0. The van der Waals surface area contributed by atoms with E-state index in [0.29, 0.717) is 11.3 Å². The summed E-state index contributed by atoms with van der Waals surface area (Å²) in [5.74, 6) is -4.55. The maximum absolute atomic E-state index is 15.2. The summed E-state index contributed by atoms with van der Waals surface area (Å²) >= 11 is 0. The highest BCUT2D eigenvalue weighted by Crippen LogP contribution is 2.38. The van der Waals surface area contributed by atoms with Crippen molar-refractivity contribution in [3.05, 3.63) is 190 Å². The third kappa shape index (κ3) is 10.0. The van der Waals surface area contributed by atoms with Gasteiger partial charge in [-0.05, 0) is 47.2 Å². The average molecular weight is 777 g/mol. The van der Waals surface area contributed by atoms with Crippen molar-refractivity contribution in [2.45, 2.75) is 77.1 Å². The van der Waals surface area contributed by atoms with Crippen molar-refractivity contribution < 1.29 is 42.3 Å². The zero-order valence-corrected chi connectivity index (χ0v) is 31.9. The highest BCUT2D eigenvalue weighted by molar-refractivity contribution is 5.37. The Morgan fingerprint density at radius 3 is 1.72 bits per heavy atom. The molecule has 0 radical (unpaired) electrons. The van der Waals surface area contributed by atoms with Gasteiger partial charge in [-0.1, -0.05) is 133 Å². The van der Waals surface area contributed by atoms with Crippen LogP contribution in [0.1, 0.15) is 44.6 Å². The summed E-state index contributed by atoms with van der Waals surface area (Å²) in [5, 5.41) is 20.0. The number of ether oxygens (including phenoxy) is 6. The molecule has 0 unspecified atom stereocenters. The first kappa shape index (κ1) is 39.9. The summed E-state index contributed by atoms with van der Waals surface area (Å²) in [6, 6.07) is 41.5. The minimum Gasteiger partial charge on any atom is -0.417 e. The van der Waals surface area contributed by atoms with Crippen molar-refractivity contribution in [3.8, 4) is 5.88 Å². The average Bonchev–Trinajstić information content (AvgIpc) is 3.57. The molecule has 11 heteroatoms. The van der Waals surface area contributed by atoms with E-state index in [4.69, 9.17) is 28.4 Å². The molecule has 1 aliphatic heterocycles. The number of aliphatic hydroxyl groups is 1. The molecule has 296 valence electrons. The van der Waals surface area contributed by atoms with E-state index in [0.717, 1.165) is 22.3 Å². The number of benzene rings is 5. The first-order valence-corrected chi connectivity index (χ1v) is 18.9. The van der Waals surface area contributed by atoms with E-state index in [1.807, 2.05) is 121 Å². The SMILES string of the molecule is Cc1ccc(Cc2c(O[C@@]3(O)O[C@H](COCc4ccccc4)[C@@H](OCc4ccccc4)[C@H](OCc4ccccc4)[C@H]3OCc3ccccc3)n[nH]c2C)c(F)c1F. The van der Waals surface area contributed by atoms with Crippen LogP contribution in [0.2, 0.25) is 0 Å². The van der Waals surface area contributed by atoms with Crippen LogP contribution in [0.4, 0.5) is 8.78 Å². The molecule has 7 rings (SSSR count). The van der Waals surface area contributed by atoms with E-state index < -0.39 is 42.0 Å². The Hall–Kier alpha value is -5.27. The number of halogens is 2. The van der Waals surface area contributed by atoms with Gasteiger partial charge in [0.1, 0.15) is 18.3 Å². The molecule has 9 nitrogen and oxygen atoms in total. The van der Waals surface area contributed by atoms with Gasteiger partial charge in [-0.2, -0.15) is 0 Å². The Bertz CT molecular complexity index is 2160. The number of aromatic nitrogens is 2. The van der Waals surface area contributed by atoms with Gasteiger partial charge in [-0.25, -0.2) is 8.78 Å². The Morgan fingerprint density at radius 1 is 0.649 bits per heavy atom. The number of nitrogens with zero attached hydrogens (tertiary/aromatic N) is 1. The molecule has 57 heavy (non-hydrogen) atoms. The highest BCUT2D eigenvalue weighted by atomic mass is 19.2. The number of aromatic amines is 1. The van der Waals surface area contributed by atoms with E-state index in [9.17, 15) is 9.50 Å². The molecule has 5 aromatic carbocycles. The molecule has 0 spiro atoms. The molecule has 2 N–H and O–H groups in total. The summed E-state index contributed by atoms with van der Waals surface area (Å²) in [4.78, 5) is 0. The fraction of sp³-hybridized carbons (Fsp3) is 0.283. The van der Waals surface area contributed by atoms with Gasteiger partial charge in [0.25, 0.3) is 0 Å². The number of hydrogen-bond acceptors (Lipinski definition) is 8. The van der Waals surface area contributed by atoms with Gasteiger partial charge in [0.2, 0.25) is 5.88 Å². The van der Waals surface area contributed by atoms with Gasteiger partial charge in [0, 0.05) is 17.7 Å². The first-order chi connectivity index (χ1) is 27.8. The molecular formula is C46H46F2N2O7. The standard InChI is InChI=1S/C46H46F2N2O7/c1-31-23-24-37(41(48)40(31)47)25-38-32(2)49-50-45(38)57-46(51)44(55-29-36-21-13-6-14-22-36)43(54-28-35-19-11-5-12-20-35)42(53-27-34-17-9-4-10-18-34)39(56-46)30-52-26-33-15-7-3-8-16-33/h3-24,39,42-44,51H,25-30H2,1-2H3,(H,49,50)/t39-,42-,43+,44-,46+/m1/s1. The summed E-state index contributed by atoms with van der Waals surface area (Å²) in [6.45, 7) is 3.84. The van der Waals surface area contributed by atoms with Crippen molar-refractivity contribution in [1.82, 2.24) is 10.2 Å². The first-order valence-electron chi connectivity index (χ1n) is 18.9. The van der Waals surface area contributed by atoms with Gasteiger partial charge in [0.05, 0.1) is 33.0 Å². The van der Waals surface area contributed by atoms with Crippen molar-refractivity contribution >= 4 is 0 Å². The van der Waals surface area contributed by atoms with E-state index in [-0.39, 0.29) is 56.5 Å². The van der Waals surface area contributed by atoms with Crippen LogP contribution in [0.15, 0.2) is 133 Å². The van der Waals surface area contributed by atoms with Crippen LogP contribution in [0, 0.1) is 25.5 Å². The summed E-state index contributed by atoms with van der Waals surface area (Å²) in [6.07, 6.45) is -4.25. The van der Waals surface area contributed by atoms with Gasteiger partial charge in [-0.15, -0.1) is 5.10 Å². The van der Waals surface area contributed by atoms with Crippen LogP contribution in [0.5, 0.6) is 5.88 Å². The third-order valence-corrected chi connectivity index (χ3v) is 9.91. The minimum atomic E-state index is -2.56. The molecule has 2 heterocycles. The fourth-order valence-corrected chi connectivity index (χ4v) is 6.77. The van der Waals surface area contributed by atoms with Crippen LogP contribution in [-0.4, -0.2) is 52.3 Å². The maximum Gasteiger partial charge on any atom is 0.356 e. The number of aryl methyl sites for hydroxylation is 2. The smallest absolute Gasteiger partial charge is 0.356 e. The quantitative estimate of drug-likeness (QED) is 0.0893. The number of rotatable bonds is 17. The summed E-state index contributed by atoms with van der Waals surface area (Å²) < 4.78 is 69.1. The monoisotopic (exact) mass is 776 g/mol. The summed E-state index contributed by atoms with van der Waals surface area (Å²) in [5.41, 5.74) is 4.75. The second-order valence-electron chi connectivity index (χ2n) is 14.1. The van der Waals surface area contributed by atoms with Crippen LogP contribution in [0.3, 0.4) is 0 Å². The molecule has 0 amide bonds.